The van der Waals surface area contributed by atoms with Gasteiger partial charge < -0.3 is 16.4 Å². The third kappa shape index (κ3) is 2.95. The van der Waals surface area contributed by atoms with Crippen LogP contribution in [0.4, 0.5) is 10.5 Å². The molecule has 7 heteroatoms. The van der Waals surface area contributed by atoms with Gasteiger partial charge in [0, 0.05) is 18.3 Å². The molecule has 1 aliphatic rings. The predicted octanol–water partition coefficient (Wildman–Crippen LogP) is 3.02. The van der Waals surface area contributed by atoms with Gasteiger partial charge in [-0.05, 0) is 53.1 Å². The minimum Gasteiger partial charge on any atom is -0.399 e. The molecule has 0 saturated carbocycles. The van der Waals surface area contributed by atoms with Crippen molar-refractivity contribution in [1.29, 1.82) is 5.41 Å². The monoisotopic (exact) mass is 401 g/mol. The summed E-state index contributed by atoms with van der Waals surface area (Å²) in [6.07, 6.45) is 0. The van der Waals surface area contributed by atoms with Crippen LogP contribution < -0.4 is 11.5 Å². The molecule has 1 saturated heterocycles. The standard InChI is InChI=1S/C23H23N5O2/c1-23(18-7-9-19(24)10-8-18)21(29)28(22(30)27(23)2)13-14-3-4-15-5-6-16(20(25)26)12-17(15)11-14/h3-12H,13,24H2,1-2H3,(H3,25,26). The van der Waals surface area contributed by atoms with E-state index in [4.69, 9.17) is 16.9 Å². The first kappa shape index (κ1) is 19.4. The Morgan fingerprint density at radius 2 is 1.67 bits per heavy atom. The van der Waals surface area contributed by atoms with Crippen LogP contribution >= 0.6 is 0 Å². The maximum Gasteiger partial charge on any atom is 0.327 e. The van der Waals surface area contributed by atoms with E-state index >= 15 is 0 Å². The molecule has 4 rings (SSSR count). The summed E-state index contributed by atoms with van der Waals surface area (Å²) in [5.74, 6) is -0.287. The molecular weight excluding hydrogens is 378 g/mol. The van der Waals surface area contributed by atoms with E-state index in [1.807, 2.05) is 30.3 Å². The average Bonchev–Trinajstić information content (AvgIpc) is 2.90. The number of fused-ring (bicyclic) bond motifs is 1. The Bertz CT molecular complexity index is 1190. The van der Waals surface area contributed by atoms with Crippen molar-refractivity contribution in [3.8, 4) is 0 Å². The highest BCUT2D eigenvalue weighted by molar-refractivity contribution is 6.07. The third-order valence-electron chi connectivity index (χ3n) is 5.88. The number of amidine groups is 1. The smallest absolute Gasteiger partial charge is 0.327 e. The lowest BCUT2D eigenvalue weighted by atomic mass is 9.90. The zero-order valence-electron chi connectivity index (χ0n) is 16.8. The van der Waals surface area contributed by atoms with Gasteiger partial charge in [0.2, 0.25) is 0 Å². The minimum absolute atomic E-state index is 0.00640. The van der Waals surface area contributed by atoms with E-state index in [0.29, 0.717) is 16.8 Å². The maximum atomic E-state index is 13.3. The molecule has 3 aromatic carbocycles. The molecule has 30 heavy (non-hydrogen) atoms. The van der Waals surface area contributed by atoms with Crippen molar-refractivity contribution < 1.29 is 9.59 Å². The molecule has 1 aliphatic heterocycles. The fourth-order valence-electron chi connectivity index (χ4n) is 3.87. The van der Waals surface area contributed by atoms with Crippen LogP contribution in [0.2, 0.25) is 0 Å². The molecule has 0 radical (unpaired) electrons. The number of hydrogen-bond acceptors (Lipinski definition) is 4. The Morgan fingerprint density at radius 3 is 2.33 bits per heavy atom. The second-order valence-corrected chi connectivity index (χ2v) is 7.74. The molecule has 7 nitrogen and oxygen atoms in total. The van der Waals surface area contributed by atoms with Gasteiger partial charge in [-0.1, -0.05) is 36.4 Å². The van der Waals surface area contributed by atoms with Crippen LogP contribution in [-0.2, 0) is 16.9 Å². The number of benzene rings is 3. The molecular formula is C23H23N5O2. The fourth-order valence-corrected chi connectivity index (χ4v) is 3.87. The molecule has 5 N–H and O–H groups in total. The molecule has 3 aromatic rings. The van der Waals surface area contributed by atoms with Crippen LogP contribution in [0.25, 0.3) is 10.8 Å². The summed E-state index contributed by atoms with van der Waals surface area (Å²) >= 11 is 0. The van der Waals surface area contributed by atoms with E-state index in [9.17, 15) is 9.59 Å². The van der Waals surface area contributed by atoms with Crippen LogP contribution in [-0.4, -0.2) is 34.6 Å². The van der Waals surface area contributed by atoms with Crippen molar-refractivity contribution in [3.63, 3.8) is 0 Å². The Labute approximate surface area is 174 Å². The number of carbonyl (C=O) groups is 2. The van der Waals surface area contributed by atoms with Crippen molar-refractivity contribution in [3.05, 3.63) is 77.4 Å². The molecule has 1 atom stereocenters. The van der Waals surface area contributed by atoms with E-state index in [0.717, 1.165) is 16.3 Å². The van der Waals surface area contributed by atoms with E-state index in [1.54, 1.807) is 44.3 Å². The summed E-state index contributed by atoms with van der Waals surface area (Å²) in [5.41, 5.74) is 13.0. The number of rotatable bonds is 4. The number of nitrogens with two attached hydrogens (primary N) is 2. The summed E-state index contributed by atoms with van der Waals surface area (Å²) in [6, 6.07) is 17.9. The van der Waals surface area contributed by atoms with Crippen molar-refractivity contribution in [2.75, 3.05) is 12.8 Å². The second kappa shape index (κ2) is 6.88. The van der Waals surface area contributed by atoms with Crippen molar-refractivity contribution in [2.45, 2.75) is 19.0 Å². The highest BCUT2D eigenvalue weighted by atomic mass is 16.2. The molecule has 1 heterocycles. The number of likely N-dealkylation sites (N-methyl/N-ethyl adjacent to an activating group) is 1. The number of imide groups is 1. The summed E-state index contributed by atoms with van der Waals surface area (Å²) in [6.45, 7) is 1.91. The summed E-state index contributed by atoms with van der Waals surface area (Å²) in [7, 11) is 1.64. The SMILES string of the molecule is CN1C(=O)N(Cc2ccc3ccc(C(=N)N)cc3c2)C(=O)C1(C)c1ccc(N)cc1. The Morgan fingerprint density at radius 1 is 1.00 bits per heavy atom. The molecule has 0 spiro atoms. The number of carbonyl (C=O) groups excluding carboxylic acids is 2. The molecule has 1 fully saturated rings. The quantitative estimate of drug-likeness (QED) is 0.270. The van der Waals surface area contributed by atoms with E-state index in [2.05, 4.69) is 0 Å². The normalized spacial score (nSPS) is 19.0. The van der Waals surface area contributed by atoms with Crippen molar-refractivity contribution in [1.82, 2.24) is 9.80 Å². The number of nitrogens with zero attached hydrogens (tertiary/aromatic N) is 2. The van der Waals surface area contributed by atoms with Crippen molar-refractivity contribution >= 4 is 34.2 Å². The van der Waals surface area contributed by atoms with Gasteiger partial charge in [-0.25, -0.2) is 4.79 Å². The number of anilines is 1. The number of urea groups is 1. The first-order valence-corrected chi connectivity index (χ1v) is 9.54. The van der Waals surface area contributed by atoms with Crippen LogP contribution in [0.5, 0.6) is 0 Å². The Kier molecular flexibility index (Phi) is 4.46. The Balaban J connectivity index is 1.67. The van der Waals surface area contributed by atoms with E-state index < -0.39 is 5.54 Å². The van der Waals surface area contributed by atoms with Gasteiger partial charge in [-0.2, -0.15) is 0 Å². The third-order valence-corrected chi connectivity index (χ3v) is 5.88. The first-order valence-electron chi connectivity index (χ1n) is 9.54. The predicted molar refractivity (Wildman–Crippen MR) is 117 cm³/mol. The number of nitrogens with one attached hydrogen (secondary N) is 1. The van der Waals surface area contributed by atoms with Crippen molar-refractivity contribution in [2.24, 2.45) is 5.73 Å². The number of nitrogen functional groups attached to an aromatic ring is 2. The largest absolute Gasteiger partial charge is 0.399 e. The summed E-state index contributed by atoms with van der Waals surface area (Å²) in [5, 5.41) is 9.52. The fraction of sp³-hybridized carbons (Fsp3) is 0.174. The minimum atomic E-state index is -1.09. The van der Waals surface area contributed by atoms with Gasteiger partial charge in [0.1, 0.15) is 11.4 Å². The Hall–Kier alpha value is -3.87. The van der Waals surface area contributed by atoms with E-state index in [1.165, 1.54) is 9.80 Å². The first-order chi connectivity index (χ1) is 14.2. The lowest BCUT2D eigenvalue weighted by molar-refractivity contribution is -0.133. The topological polar surface area (TPSA) is 117 Å². The summed E-state index contributed by atoms with van der Waals surface area (Å²) in [4.78, 5) is 29.0. The molecule has 0 aromatic heterocycles. The lowest BCUT2D eigenvalue weighted by Crippen LogP contribution is -2.42. The van der Waals surface area contributed by atoms with Gasteiger partial charge in [0.15, 0.2) is 0 Å². The highest BCUT2D eigenvalue weighted by Gasteiger charge is 2.53. The molecule has 0 bridgehead atoms. The van der Waals surface area contributed by atoms with Crippen LogP contribution in [0.1, 0.15) is 23.6 Å². The molecule has 0 aliphatic carbocycles. The highest BCUT2D eigenvalue weighted by Crippen LogP contribution is 2.37. The van der Waals surface area contributed by atoms with Gasteiger partial charge >= 0.3 is 6.03 Å². The van der Waals surface area contributed by atoms with Gasteiger partial charge in [-0.15, -0.1) is 0 Å². The van der Waals surface area contributed by atoms with Gasteiger partial charge in [0.05, 0.1) is 6.54 Å². The maximum absolute atomic E-state index is 13.3. The zero-order valence-corrected chi connectivity index (χ0v) is 16.8. The molecule has 1 unspecified atom stereocenters. The molecule has 3 amide bonds. The average molecular weight is 401 g/mol. The zero-order chi connectivity index (χ0) is 21.6. The lowest BCUT2D eigenvalue weighted by Gasteiger charge is -2.29. The van der Waals surface area contributed by atoms with Crippen LogP contribution in [0, 0.1) is 5.41 Å². The molecule has 152 valence electrons. The van der Waals surface area contributed by atoms with Crippen LogP contribution in [0.15, 0.2) is 60.7 Å². The number of hydrogen-bond donors (Lipinski definition) is 3. The second-order valence-electron chi connectivity index (χ2n) is 7.74. The van der Waals surface area contributed by atoms with Crippen LogP contribution in [0.3, 0.4) is 0 Å². The van der Waals surface area contributed by atoms with Gasteiger partial charge in [0.25, 0.3) is 5.91 Å². The number of amides is 3. The van der Waals surface area contributed by atoms with E-state index in [-0.39, 0.29) is 24.3 Å². The van der Waals surface area contributed by atoms with Gasteiger partial charge in [-0.3, -0.25) is 15.1 Å². The summed E-state index contributed by atoms with van der Waals surface area (Å²) < 4.78 is 0.